The van der Waals surface area contributed by atoms with Crippen LogP contribution in [0, 0.1) is 11.3 Å². The molecule has 0 aliphatic carbocycles. The topological polar surface area (TPSA) is 80.0 Å². The van der Waals surface area contributed by atoms with Gasteiger partial charge in [-0.1, -0.05) is 23.7 Å². The Morgan fingerprint density at radius 2 is 2.05 bits per heavy atom. The van der Waals surface area contributed by atoms with Gasteiger partial charge in [-0.05, 0) is 24.3 Å². The van der Waals surface area contributed by atoms with Gasteiger partial charge in [-0.25, -0.2) is 0 Å². The van der Waals surface area contributed by atoms with E-state index >= 15 is 0 Å². The molecule has 0 unspecified atom stereocenters. The van der Waals surface area contributed by atoms with E-state index < -0.39 is 5.91 Å². The first-order valence-corrected chi connectivity index (χ1v) is 5.76. The molecule has 0 bridgehead atoms. The fourth-order valence-electron chi connectivity index (χ4n) is 1.54. The maximum Gasteiger partial charge on any atom is 0.259 e. The molecule has 94 valence electrons. The first-order valence-electron chi connectivity index (χ1n) is 5.38. The van der Waals surface area contributed by atoms with Crippen molar-refractivity contribution in [3.63, 3.8) is 0 Å². The lowest BCUT2D eigenvalue weighted by atomic mass is 10.2. The fourth-order valence-corrected chi connectivity index (χ4v) is 1.77. The molecule has 19 heavy (non-hydrogen) atoms. The molecule has 0 fully saturated rings. The molecule has 2 rings (SSSR count). The number of amides is 1. The van der Waals surface area contributed by atoms with E-state index in [0.717, 1.165) is 5.56 Å². The van der Waals surface area contributed by atoms with Gasteiger partial charge in [0.05, 0.1) is 5.02 Å². The van der Waals surface area contributed by atoms with Gasteiger partial charge in [0.15, 0.2) is 0 Å². The lowest BCUT2D eigenvalue weighted by Gasteiger charge is -1.99. The predicted octanol–water partition coefficient (Wildman–Crippen LogP) is 2.99. The number of benzene rings is 1. The van der Waals surface area contributed by atoms with E-state index in [0.29, 0.717) is 16.5 Å². The fraction of sp³-hybridized carbons (Fsp3) is 0. The first kappa shape index (κ1) is 12.9. The van der Waals surface area contributed by atoms with E-state index in [-0.39, 0.29) is 5.57 Å². The Balaban J connectivity index is 2.38. The molecule has 0 saturated heterocycles. The van der Waals surface area contributed by atoms with Gasteiger partial charge >= 0.3 is 0 Å². The van der Waals surface area contributed by atoms with Crippen molar-refractivity contribution in [2.45, 2.75) is 0 Å². The van der Waals surface area contributed by atoms with Crippen LogP contribution in [0.3, 0.4) is 0 Å². The number of nitrogens with zero attached hydrogens (tertiary/aromatic N) is 1. The summed E-state index contributed by atoms with van der Waals surface area (Å²) in [7, 11) is 0. The molecule has 4 nitrogen and oxygen atoms in total. The maximum absolute atomic E-state index is 10.9. The highest BCUT2D eigenvalue weighted by Crippen LogP contribution is 2.29. The summed E-state index contributed by atoms with van der Waals surface area (Å²) in [5.41, 5.74) is 5.62. The Morgan fingerprint density at radius 1 is 1.32 bits per heavy atom. The monoisotopic (exact) mass is 272 g/mol. The van der Waals surface area contributed by atoms with Gasteiger partial charge in [0.25, 0.3) is 5.91 Å². The molecule has 2 aromatic rings. The van der Waals surface area contributed by atoms with Crippen molar-refractivity contribution in [1.29, 1.82) is 5.26 Å². The van der Waals surface area contributed by atoms with E-state index in [2.05, 4.69) is 0 Å². The Bertz CT molecular complexity index is 695. The van der Waals surface area contributed by atoms with E-state index in [1.165, 1.54) is 6.08 Å². The Kier molecular flexibility index (Phi) is 3.69. The van der Waals surface area contributed by atoms with Gasteiger partial charge in [-0.2, -0.15) is 5.26 Å². The van der Waals surface area contributed by atoms with Crippen LogP contribution in [0.1, 0.15) is 5.76 Å². The normalized spacial score (nSPS) is 11.1. The number of primary amides is 1. The molecule has 0 aliphatic rings. The van der Waals surface area contributed by atoms with E-state index in [4.69, 9.17) is 27.0 Å². The molecule has 0 atom stereocenters. The lowest BCUT2D eigenvalue weighted by Crippen LogP contribution is -2.12. The summed E-state index contributed by atoms with van der Waals surface area (Å²) in [6.07, 6.45) is 1.29. The minimum Gasteiger partial charge on any atom is -0.457 e. The number of hydrogen-bond acceptors (Lipinski definition) is 3. The van der Waals surface area contributed by atoms with Gasteiger partial charge in [0.1, 0.15) is 23.2 Å². The Labute approximate surface area is 114 Å². The number of rotatable bonds is 3. The highest BCUT2D eigenvalue weighted by Gasteiger charge is 2.09. The number of carbonyl (C=O) groups is 1. The van der Waals surface area contributed by atoms with Gasteiger partial charge < -0.3 is 10.2 Å². The van der Waals surface area contributed by atoms with Crippen LogP contribution in [0.4, 0.5) is 0 Å². The average molecular weight is 273 g/mol. The van der Waals surface area contributed by atoms with Crippen LogP contribution >= 0.6 is 11.6 Å². The van der Waals surface area contributed by atoms with Gasteiger partial charge in [-0.15, -0.1) is 0 Å². The highest BCUT2D eigenvalue weighted by atomic mass is 35.5. The quantitative estimate of drug-likeness (QED) is 0.689. The van der Waals surface area contributed by atoms with Gasteiger partial charge in [-0.3, -0.25) is 4.79 Å². The van der Waals surface area contributed by atoms with Crippen LogP contribution in [-0.2, 0) is 4.79 Å². The maximum atomic E-state index is 10.9. The van der Waals surface area contributed by atoms with Crippen molar-refractivity contribution < 1.29 is 9.21 Å². The standard InChI is InChI=1S/C14H9ClN2O2/c15-12-4-2-1-3-11(12)13-6-5-10(19-13)7-9(8-16)14(17)18/h1-7H,(H2,17,18)/b9-7+. The average Bonchev–Trinajstić information content (AvgIpc) is 2.84. The molecule has 2 N–H and O–H groups in total. The summed E-state index contributed by atoms with van der Waals surface area (Å²) in [6, 6.07) is 12.3. The molecule has 1 aromatic heterocycles. The number of nitriles is 1. The number of furan rings is 1. The van der Waals surface area contributed by atoms with Crippen LogP contribution in [-0.4, -0.2) is 5.91 Å². The van der Waals surface area contributed by atoms with E-state index in [1.54, 1.807) is 24.3 Å². The second kappa shape index (κ2) is 5.42. The molecular formula is C14H9ClN2O2. The summed E-state index contributed by atoms with van der Waals surface area (Å²) in [6.45, 7) is 0. The SMILES string of the molecule is N#C/C(=C\c1ccc(-c2ccccc2Cl)o1)C(N)=O. The summed E-state index contributed by atoms with van der Waals surface area (Å²) in [5.74, 6) is 0.127. The van der Waals surface area contributed by atoms with Crippen LogP contribution in [0.5, 0.6) is 0 Å². The molecule has 1 aromatic carbocycles. The van der Waals surface area contributed by atoms with Crippen molar-refractivity contribution in [1.82, 2.24) is 0 Å². The number of halogens is 1. The zero-order chi connectivity index (χ0) is 13.8. The van der Waals surface area contributed by atoms with Crippen molar-refractivity contribution in [3.05, 3.63) is 52.8 Å². The summed E-state index contributed by atoms with van der Waals surface area (Å²) in [4.78, 5) is 10.9. The lowest BCUT2D eigenvalue weighted by molar-refractivity contribution is -0.114. The largest absolute Gasteiger partial charge is 0.457 e. The molecule has 0 saturated carbocycles. The number of hydrogen-bond donors (Lipinski definition) is 1. The second-order valence-electron chi connectivity index (χ2n) is 3.72. The minimum absolute atomic E-state index is 0.167. The molecule has 1 heterocycles. The first-order chi connectivity index (χ1) is 9.11. The molecule has 5 heteroatoms. The van der Waals surface area contributed by atoms with E-state index in [1.807, 2.05) is 18.2 Å². The van der Waals surface area contributed by atoms with Crippen LogP contribution in [0.2, 0.25) is 5.02 Å². The number of nitrogens with two attached hydrogens (primary N) is 1. The zero-order valence-electron chi connectivity index (χ0n) is 9.76. The van der Waals surface area contributed by atoms with Crippen molar-refractivity contribution >= 4 is 23.6 Å². The van der Waals surface area contributed by atoms with Crippen molar-refractivity contribution in [2.75, 3.05) is 0 Å². The molecule has 0 radical (unpaired) electrons. The summed E-state index contributed by atoms with van der Waals surface area (Å²) in [5, 5.41) is 9.30. The van der Waals surface area contributed by atoms with Crippen molar-refractivity contribution in [3.8, 4) is 17.4 Å². The predicted molar refractivity (Wildman–Crippen MR) is 71.9 cm³/mol. The second-order valence-corrected chi connectivity index (χ2v) is 4.12. The summed E-state index contributed by atoms with van der Waals surface area (Å²) >= 11 is 6.05. The molecule has 0 spiro atoms. The molecule has 0 aliphatic heterocycles. The summed E-state index contributed by atoms with van der Waals surface area (Å²) < 4.78 is 5.51. The highest BCUT2D eigenvalue weighted by molar-refractivity contribution is 6.33. The third kappa shape index (κ3) is 2.84. The van der Waals surface area contributed by atoms with Gasteiger partial charge in [0.2, 0.25) is 0 Å². The molecular weight excluding hydrogens is 264 g/mol. The minimum atomic E-state index is -0.793. The van der Waals surface area contributed by atoms with E-state index in [9.17, 15) is 4.79 Å². The smallest absolute Gasteiger partial charge is 0.259 e. The molecule has 1 amide bonds. The Morgan fingerprint density at radius 3 is 2.68 bits per heavy atom. The number of carbonyl (C=O) groups excluding carboxylic acids is 1. The van der Waals surface area contributed by atoms with Crippen molar-refractivity contribution in [2.24, 2.45) is 5.73 Å². The Hall–Kier alpha value is -2.51. The van der Waals surface area contributed by atoms with Gasteiger partial charge in [0, 0.05) is 11.6 Å². The van der Waals surface area contributed by atoms with Crippen LogP contribution < -0.4 is 5.73 Å². The van der Waals surface area contributed by atoms with Crippen LogP contribution in [0.25, 0.3) is 17.4 Å². The third-order valence-corrected chi connectivity index (χ3v) is 2.77. The third-order valence-electron chi connectivity index (χ3n) is 2.44. The van der Waals surface area contributed by atoms with Crippen LogP contribution in [0.15, 0.2) is 46.4 Å². The zero-order valence-corrected chi connectivity index (χ0v) is 10.5.